The number of allylic oxidation sites excluding steroid dienone is 18. The number of unbranched alkanes of at least 4 members (excludes halogenated alkanes) is 19. The van der Waals surface area contributed by atoms with E-state index >= 15 is 0 Å². The average Bonchev–Trinajstić information content (AvgIpc) is 3.28. The summed E-state index contributed by atoms with van der Waals surface area (Å²) in [6.45, 7) is 6.30. The number of carbonyl (C=O) groups is 3. The summed E-state index contributed by atoms with van der Waals surface area (Å²) in [7, 11) is 0. The van der Waals surface area contributed by atoms with E-state index in [4.69, 9.17) is 14.2 Å². The van der Waals surface area contributed by atoms with Crippen LogP contribution in [0.15, 0.2) is 109 Å². The van der Waals surface area contributed by atoms with Crippen molar-refractivity contribution in [2.24, 2.45) is 0 Å². The number of rotatable bonds is 44. The summed E-state index contributed by atoms with van der Waals surface area (Å²) in [6, 6.07) is 0. The Bertz CT molecular complexity index is 1330. The molecule has 6 heteroatoms. The predicted molar refractivity (Wildman–Crippen MR) is 270 cm³/mol. The summed E-state index contributed by atoms with van der Waals surface area (Å²) in [5, 5.41) is 0. The van der Waals surface area contributed by atoms with Gasteiger partial charge in [0, 0.05) is 19.3 Å². The van der Waals surface area contributed by atoms with Gasteiger partial charge in [-0.05, 0) is 96.3 Å². The minimum atomic E-state index is -0.810. The largest absolute Gasteiger partial charge is 0.462 e. The van der Waals surface area contributed by atoms with Crippen molar-refractivity contribution in [1.29, 1.82) is 0 Å². The number of hydrogen-bond acceptors (Lipinski definition) is 6. The Hall–Kier alpha value is -3.93. The van der Waals surface area contributed by atoms with Crippen molar-refractivity contribution in [3.05, 3.63) is 109 Å². The second-order valence-electron chi connectivity index (χ2n) is 16.4. The fourth-order valence-electron chi connectivity index (χ4n) is 6.57. The zero-order valence-electron chi connectivity index (χ0n) is 40.5. The van der Waals surface area contributed by atoms with E-state index in [1.54, 1.807) is 0 Å². The van der Waals surface area contributed by atoms with Crippen LogP contribution in [0.5, 0.6) is 0 Å². The molecule has 0 N–H and O–H groups in total. The topological polar surface area (TPSA) is 78.9 Å². The van der Waals surface area contributed by atoms with Gasteiger partial charge in [-0.1, -0.05) is 207 Å². The highest BCUT2D eigenvalue weighted by Crippen LogP contribution is 2.13. The third kappa shape index (κ3) is 49.0. The maximum Gasteiger partial charge on any atom is 0.306 e. The smallest absolute Gasteiger partial charge is 0.306 e. The van der Waals surface area contributed by atoms with E-state index in [1.807, 2.05) is 0 Å². The van der Waals surface area contributed by atoms with Crippen LogP contribution in [-0.2, 0) is 28.6 Å². The van der Waals surface area contributed by atoms with Crippen LogP contribution >= 0.6 is 0 Å². The lowest BCUT2D eigenvalue weighted by molar-refractivity contribution is -0.167. The van der Waals surface area contributed by atoms with Crippen LogP contribution in [0, 0.1) is 0 Å². The quantitative estimate of drug-likeness (QED) is 0.0199. The molecular formula is C57H92O6. The van der Waals surface area contributed by atoms with Gasteiger partial charge < -0.3 is 14.2 Å². The normalized spacial score (nSPS) is 13.0. The number of esters is 3. The van der Waals surface area contributed by atoms with Gasteiger partial charge in [0.25, 0.3) is 0 Å². The van der Waals surface area contributed by atoms with Crippen LogP contribution in [-0.4, -0.2) is 37.2 Å². The molecule has 6 nitrogen and oxygen atoms in total. The summed E-state index contributed by atoms with van der Waals surface area (Å²) in [5.74, 6) is -0.986. The van der Waals surface area contributed by atoms with Crippen LogP contribution < -0.4 is 0 Å². The number of hydrogen-bond donors (Lipinski definition) is 0. The molecule has 356 valence electrons. The minimum Gasteiger partial charge on any atom is -0.462 e. The van der Waals surface area contributed by atoms with Gasteiger partial charge in [0.1, 0.15) is 13.2 Å². The van der Waals surface area contributed by atoms with Crippen molar-refractivity contribution < 1.29 is 28.6 Å². The Morgan fingerprint density at radius 2 is 0.698 bits per heavy atom. The summed E-state index contributed by atoms with van der Waals surface area (Å²) >= 11 is 0. The molecule has 0 aliphatic heterocycles. The first kappa shape index (κ1) is 59.1. The molecule has 1 atom stereocenters. The maximum atomic E-state index is 12.8. The molecule has 0 aliphatic carbocycles. The lowest BCUT2D eigenvalue weighted by Crippen LogP contribution is -2.30. The van der Waals surface area contributed by atoms with Gasteiger partial charge in [-0.15, -0.1) is 0 Å². The Balaban J connectivity index is 4.49. The van der Waals surface area contributed by atoms with Gasteiger partial charge in [0.15, 0.2) is 6.10 Å². The first-order valence-corrected chi connectivity index (χ1v) is 25.5. The van der Waals surface area contributed by atoms with E-state index in [-0.39, 0.29) is 31.1 Å². The molecular weight excluding hydrogens is 781 g/mol. The predicted octanol–water partition coefficient (Wildman–Crippen LogP) is 16.8. The van der Waals surface area contributed by atoms with Crippen molar-refractivity contribution in [1.82, 2.24) is 0 Å². The molecule has 0 aliphatic rings. The molecule has 0 heterocycles. The molecule has 0 spiro atoms. The Labute approximate surface area is 387 Å². The van der Waals surface area contributed by atoms with E-state index < -0.39 is 6.10 Å². The SMILES string of the molecule is CC\C=C/C=C\C=C/CCCCCCCCCC(=O)OC(COC(=O)CCCC/C=C\C/C=C\C/C=C\CC)COC(=O)CCCCCCC\C=C/C=C\C=C/CCCCCCC. The molecule has 0 fully saturated rings. The lowest BCUT2D eigenvalue weighted by atomic mass is 10.1. The number of carbonyl (C=O) groups excluding carboxylic acids is 3. The van der Waals surface area contributed by atoms with Crippen molar-refractivity contribution in [3.8, 4) is 0 Å². The van der Waals surface area contributed by atoms with Crippen molar-refractivity contribution in [2.75, 3.05) is 13.2 Å². The fourth-order valence-corrected chi connectivity index (χ4v) is 6.57. The van der Waals surface area contributed by atoms with Gasteiger partial charge in [-0.2, -0.15) is 0 Å². The van der Waals surface area contributed by atoms with E-state index in [9.17, 15) is 14.4 Å². The highest BCUT2D eigenvalue weighted by molar-refractivity contribution is 5.71. The lowest BCUT2D eigenvalue weighted by Gasteiger charge is -2.18. The van der Waals surface area contributed by atoms with Crippen LogP contribution in [0.3, 0.4) is 0 Å². The molecule has 0 radical (unpaired) electrons. The summed E-state index contributed by atoms with van der Waals surface area (Å²) in [4.78, 5) is 37.9. The summed E-state index contributed by atoms with van der Waals surface area (Å²) in [6.07, 6.45) is 67.9. The Kier molecular flexibility index (Phi) is 47.5. The summed E-state index contributed by atoms with van der Waals surface area (Å²) in [5.41, 5.74) is 0. The third-order valence-corrected chi connectivity index (χ3v) is 10.4. The molecule has 0 saturated heterocycles. The summed E-state index contributed by atoms with van der Waals surface area (Å²) < 4.78 is 16.7. The van der Waals surface area contributed by atoms with Gasteiger partial charge in [-0.3, -0.25) is 14.4 Å². The molecule has 0 aromatic rings. The third-order valence-electron chi connectivity index (χ3n) is 10.4. The average molecular weight is 873 g/mol. The van der Waals surface area contributed by atoms with Crippen molar-refractivity contribution in [3.63, 3.8) is 0 Å². The second-order valence-corrected chi connectivity index (χ2v) is 16.4. The van der Waals surface area contributed by atoms with Crippen LogP contribution in [0.25, 0.3) is 0 Å². The highest BCUT2D eigenvalue weighted by Gasteiger charge is 2.19. The second kappa shape index (κ2) is 50.7. The molecule has 0 amide bonds. The Morgan fingerprint density at radius 3 is 1.17 bits per heavy atom. The molecule has 1 unspecified atom stereocenters. The minimum absolute atomic E-state index is 0.108. The molecule has 0 aromatic carbocycles. The molecule has 0 saturated carbocycles. The molecule has 0 rings (SSSR count). The maximum absolute atomic E-state index is 12.8. The fraction of sp³-hybridized carbons (Fsp3) is 0.632. The standard InChI is InChI=1S/C57H92O6/c1-4-7-10-13-16-19-22-25-27-28-29-31-32-35-38-41-44-47-50-56(59)62-53-54(52-61-55(58)49-46-43-40-37-34-24-21-18-15-12-9-6-3)63-57(60)51-48-45-42-39-36-33-30-26-23-20-17-14-11-8-5-2/h8-9,11-12,14,17-18,20-23,25,27-29,31,34,37,54H,4-7,10,13,15-16,19,24,26,30,32-33,35-36,38-53H2,1-3H3/b11-8-,12-9-,17-14-,21-18-,23-20-,25-22-,28-27-,31-29-,37-34-. The highest BCUT2D eigenvalue weighted by atomic mass is 16.6. The first-order chi connectivity index (χ1) is 31.0. The zero-order valence-corrected chi connectivity index (χ0v) is 40.5. The van der Waals surface area contributed by atoms with Gasteiger partial charge in [-0.25, -0.2) is 0 Å². The zero-order chi connectivity index (χ0) is 45.8. The van der Waals surface area contributed by atoms with Gasteiger partial charge in [0.05, 0.1) is 0 Å². The van der Waals surface area contributed by atoms with Crippen molar-refractivity contribution in [2.45, 2.75) is 219 Å². The first-order valence-electron chi connectivity index (χ1n) is 25.5. The van der Waals surface area contributed by atoms with E-state index in [0.29, 0.717) is 19.3 Å². The van der Waals surface area contributed by atoms with E-state index in [2.05, 4.69) is 130 Å². The van der Waals surface area contributed by atoms with Crippen LogP contribution in [0.2, 0.25) is 0 Å². The van der Waals surface area contributed by atoms with E-state index in [0.717, 1.165) is 122 Å². The molecule has 63 heavy (non-hydrogen) atoms. The Morgan fingerprint density at radius 1 is 0.349 bits per heavy atom. The number of ether oxygens (including phenoxy) is 3. The van der Waals surface area contributed by atoms with Crippen molar-refractivity contribution >= 4 is 17.9 Å². The molecule has 0 aromatic heterocycles. The molecule has 0 bridgehead atoms. The van der Waals surface area contributed by atoms with Crippen LogP contribution in [0.1, 0.15) is 213 Å². The van der Waals surface area contributed by atoms with E-state index in [1.165, 1.54) is 51.4 Å². The van der Waals surface area contributed by atoms with Gasteiger partial charge in [0.2, 0.25) is 0 Å². The van der Waals surface area contributed by atoms with Gasteiger partial charge >= 0.3 is 17.9 Å². The monoisotopic (exact) mass is 873 g/mol. The van der Waals surface area contributed by atoms with Crippen LogP contribution in [0.4, 0.5) is 0 Å².